The molecular formula is C11H11NO4S. The molecule has 2 rings (SSSR count). The molecule has 90 valence electrons. The van der Waals surface area contributed by atoms with Gasteiger partial charge in [-0.15, -0.1) is 0 Å². The lowest BCUT2D eigenvalue weighted by molar-refractivity contribution is -0.384. The highest BCUT2D eigenvalue weighted by molar-refractivity contribution is 7.85. The summed E-state index contributed by atoms with van der Waals surface area (Å²) in [6, 6.07) is 5.48. The van der Waals surface area contributed by atoms with E-state index < -0.39 is 15.7 Å². The molecule has 1 aromatic rings. The first kappa shape index (κ1) is 11.9. The van der Waals surface area contributed by atoms with E-state index in [1.165, 1.54) is 24.3 Å². The van der Waals surface area contributed by atoms with Crippen LogP contribution in [0.3, 0.4) is 0 Å². The number of ketones is 1. The molecule has 17 heavy (non-hydrogen) atoms. The Morgan fingerprint density at radius 3 is 2.41 bits per heavy atom. The number of hydrogen-bond acceptors (Lipinski definition) is 4. The molecule has 0 radical (unpaired) electrons. The predicted molar refractivity (Wildman–Crippen MR) is 62.1 cm³/mol. The second-order valence-electron chi connectivity index (χ2n) is 3.98. The third-order valence-corrected chi connectivity index (χ3v) is 3.96. The van der Waals surface area contributed by atoms with Crippen molar-refractivity contribution >= 4 is 22.3 Å². The molecule has 0 spiro atoms. The number of nitro groups is 1. The van der Waals surface area contributed by atoms with Crippen molar-refractivity contribution in [3.63, 3.8) is 0 Å². The van der Waals surface area contributed by atoms with Gasteiger partial charge in [0.15, 0.2) is 0 Å². The van der Waals surface area contributed by atoms with Gasteiger partial charge in [0.2, 0.25) is 0 Å². The molecular weight excluding hydrogens is 242 g/mol. The summed E-state index contributed by atoms with van der Waals surface area (Å²) < 4.78 is 11.8. The van der Waals surface area contributed by atoms with Gasteiger partial charge in [-0.3, -0.25) is 19.1 Å². The zero-order valence-electron chi connectivity index (χ0n) is 9.00. The number of nitro benzene ring substituents is 1. The largest absolute Gasteiger partial charge is 0.298 e. The lowest BCUT2D eigenvalue weighted by Gasteiger charge is -2.00. The van der Waals surface area contributed by atoms with Gasteiger partial charge in [0.25, 0.3) is 5.69 Å². The molecule has 5 nitrogen and oxygen atoms in total. The Bertz CT molecular complexity index is 479. The summed E-state index contributed by atoms with van der Waals surface area (Å²) in [7, 11) is -1.39. The second-order valence-corrected chi connectivity index (χ2v) is 5.43. The van der Waals surface area contributed by atoms with E-state index >= 15 is 0 Å². The molecule has 1 aliphatic carbocycles. The van der Waals surface area contributed by atoms with Gasteiger partial charge in [0.1, 0.15) is 5.78 Å². The number of benzene rings is 1. The normalized spacial score (nSPS) is 16.5. The van der Waals surface area contributed by atoms with Crippen LogP contribution in [0.25, 0.3) is 0 Å². The number of hydrogen-bond donors (Lipinski definition) is 0. The van der Waals surface area contributed by atoms with Gasteiger partial charge >= 0.3 is 0 Å². The summed E-state index contributed by atoms with van der Waals surface area (Å²) in [5.41, 5.74) is -0.0423. The van der Waals surface area contributed by atoms with Crippen LogP contribution in [0.15, 0.2) is 29.2 Å². The minimum absolute atomic E-state index is 0.0163. The Labute approximate surface area is 100 Å². The summed E-state index contributed by atoms with van der Waals surface area (Å²) in [4.78, 5) is 21.8. The highest BCUT2D eigenvalue weighted by Crippen LogP contribution is 2.30. The van der Waals surface area contributed by atoms with E-state index in [1.807, 2.05) is 0 Å². The van der Waals surface area contributed by atoms with Gasteiger partial charge in [-0.2, -0.15) is 0 Å². The highest BCUT2D eigenvalue weighted by Gasteiger charge is 2.30. The van der Waals surface area contributed by atoms with Gasteiger partial charge in [0, 0.05) is 22.9 Å². The van der Waals surface area contributed by atoms with Crippen molar-refractivity contribution in [2.45, 2.75) is 17.7 Å². The summed E-state index contributed by atoms with van der Waals surface area (Å²) >= 11 is 0. The molecule has 0 aromatic heterocycles. The SMILES string of the molecule is O=C(CS(=O)c1ccc([N+](=O)[O-])cc1)C1CC1. The van der Waals surface area contributed by atoms with Crippen LogP contribution in [-0.4, -0.2) is 20.7 Å². The maximum absolute atomic E-state index is 11.8. The molecule has 0 bridgehead atoms. The van der Waals surface area contributed by atoms with E-state index in [4.69, 9.17) is 0 Å². The van der Waals surface area contributed by atoms with Crippen LogP contribution < -0.4 is 0 Å². The summed E-state index contributed by atoms with van der Waals surface area (Å²) in [6.45, 7) is 0. The predicted octanol–water partition coefficient (Wildman–Crippen LogP) is 1.68. The fourth-order valence-corrected chi connectivity index (χ4v) is 2.56. The van der Waals surface area contributed by atoms with E-state index in [0.29, 0.717) is 4.90 Å². The van der Waals surface area contributed by atoms with Crippen molar-refractivity contribution in [1.29, 1.82) is 0 Å². The number of carbonyl (C=O) groups excluding carboxylic acids is 1. The second kappa shape index (κ2) is 4.75. The molecule has 1 aliphatic rings. The van der Waals surface area contributed by atoms with Crippen LogP contribution in [-0.2, 0) is 15.6 Å². The number of non-ortho nitro benzene ring substituents is 1. The third-order valence-electron chi connectivity index (χ3n) is 2.62. The molecule has 1 atom stereocenters. The van der Waals surface area contributed by atoms with E-state index in [2.05, 4.69) is 0 Å². The average molecular weight is 253 g/mol. The van der Waals surface area contributed by atoms with Gasteiger partial charge in [-0.1, -0.05) is 0 Å². The van der Waals surface area contributed by atoms with Crippen molar-refractivity contribution in [2.24, 2.45) is 5.92 Å². The van der Waals surface area contributed by atoms with Crippen LogP contribution >= 0.6 is 0 Å². The molecule has 0 amide bonds. The Balaban J connectivity index is 2.03. The molecule has 0 saturated heterocycles. The monoisotopic (exact) mass is 253 g/mol. The number of rotatable bonds is 5. The first-order chi connectivity index (χ1) is 8.08. The maximum Gasteiger partial charge on any atom is 0.269 e. The Kier molecular flexibility index (Phi) is 3.33. The minimum Gasteiger partial charge on any atom is -0.298 e. The quantitative estimate of drug-likeness (QED) is 0.591. The number of carbonyl (C=O) groups is 1. The van der Waals surface area contributed by atoms with Crippen molar-refractivity contribution < 1.29 is 13.9 Å². The van der Waals surface area contributed by atoms with E-state index in [1.54, 1.807) is 0 Å². The molecule has 0 aliphatic heterocycles. The standard InChI is InChI=1S/C11H11NO4S/c13-11(8-1-2-8)7-17(16)10-5-3-9(4-6-10)12(14)15/h3-6,8H,1-2,7H2. The van der Waals surface area contributed by atoms with Crippen molar-refractivity contribution in [3.05, 3.63) is 34.4 Å². The zero-order valence-corrected chi connectivity index (χ0v) is 9.81. The number of Topliss-reactive ketones (excluding diaryl/α,β-unsaturated/α-hetero) is 1. The fraction of sp³-hybridized carbons (Fsp3) is 0.364. The Morgan fingerprint density at radius 1 is 1.35 bits per heavy atom. The smallest absolute Gasteiger partial charge is 0.269 e. The third kappa shape index (κ3) is 2.97. The van der Waals surface area contributed by atoms with Crippen LogP contribution in [0, 0.1) is 16.0 Å². The fourth-order valence-electron chi connectivity index (χ4n) is 1.46. The van der Waals surface area contributed by atoms with Crippen molar-refractivity contribution in [2.75, 3.05) is 5.75 Å². The highest BCUT2D eigenvalue weighted by atomic mass is 32.2. The first-order valence-corrected chi connectivity index (χ1v) is 6.55. The zero-order chi connectivity index (χ0) is 12.4. The summed E-state index contributed by atoms with van der Waals surface area (Å²) in [5.74, 6) is 0.140. The van der Waals surface area contributed by atoms with Gasteiger partial charge in [-0.05, 0) is 25.0 Å². The number of nitrogens with zero attached hydrogens (tertiary/aromatic N) is 1. The Morgan fingerprint density at radius 2 is 1.94 bits per heavy atom. The molecule has 1 saturated carbocycles. The molecule has 0 heterocycles. The molecule has 6 heteroatoms. The van der Waals surface area contributed by atoms with E-state index in [9.17, 15) is 19.1 Å². The molecule has 1 fully saturated rings. The Hall–Kier alpha value is -1.56. The molecule has 1 aromatic carbocycles. The van der Waals surface area contributed by atoms with E-state index in [0.717, 1.165) is 12.8 Å². The summed E-state index contributed by atoms with van der Waals surface area (Å²) in [6.07, 6.45) is 1.80. The van der Waals surface area contributed by atoms with Gasteiger partial charge in [0.05, 0.1) is 21.5 Å². The topological polar surface area (TPSA) is 77.3 Å². The first-order valence-electron chi connectivity index (χ1n) is 5.23. The van der Waals surface area contributed by atoms with Crippen molar-refractivity contribution in [1.82, 2.24) is 0 Å². The van der Waals surface area contributed by atoms with Crippen LogP contribution in [0.5, 0.6) is 0 Å². The van der Waals surface area contributed by atoms with Crippen molar-refractivity contribution in [3.8, 4) is 0 Å². The van der Waals surface area contributed by atoms with Crippen LogP contribution in [0.4, 0.5) is 5.69 Å². The lowest BCUT2D eigenvalue weighted by atomic mass is 10.3. The van der Waals surface area contributed by atoms with Gasteiger partial charge in [-0.25, -0.2) is 0 Å². The average Bonchev–Trinajstić information content (AvgIpc) is 3.12. The van der Waals surface area contributed by atoms with E-state index in [-0.39, 0.29) is 23.1 Å². The maximum atomic E-state index is 11.8. The van der Waals surface area contributed by atoms with Gasteiger partial charge < -0.3 is 0 Å². The summed E-state index contributed by atoms with van der Waals surface area (Å²) in [5, 5.41) is 10.4. The lowest BCUT2D eigenvalue weighted by Crippen LogP contribution is -2.12. The van der Waals surface area contributed by atoms with Crippen LogP contribution in [0.2, 0.25) is 0 Å². The van der Waals surface area contributed by atoms with Crippen LogP contribution in [0.1, 0.15) is 12.8 Å². The molecule has 0 N–H and O–H groups in total. The molecule has 1 unspecified atom stereocenters. The minimum atomic E-state index is -1.39.